The number of anilines is 1. The van der Waals surface area contributed by atoms with Gasteiger partial charge in [-0.1, -0.05) is 6.92 Å². The Morgan fingerprint density at radius 3 is 3.00 bits per heavy atom. The smallest absolute Gasteiger partial charge is 0.227 e. The van der Waals surface area contributed by atoms with Crippen molar-refractivity contribution in [3.05, 3.63) is 12.4 Å². The molecule has 0 radical (unpaired) electrons. The van der Waals surface area contributed by atoms with Gasteiger partial charge in [0, 0.05) is 19.2 Å². The van der Waals surface area contributed by atoms with E-state index >= 15 is 0 Å². The molecule has 1 heterocycles. The van der Waals surface area contributed by atoms with Gasteiger partial charge in [0.1, 0.15) is 0 Å². The van der Waals surface area contributed by atoms with E-state index in [1.54, 1.807) is 24.1 Å². The highest BCUT2D eigenvalue weighted by molar-refractivity contribution is 5.91. The summed E-state index contributed by atoms with van der Waals surface area (Å²) in [6, 6.07) is 0. The molecule has 0 saturated heterocycles. The molecular weight excluding hydrogens is 180 g/mol. The third-order valence-electron chi connectivity index (χ3n) is 2.02. The van der Waals surface area contributed by atoms with Crippen molar-refractivity contribution < 1.29 is 4.79 Å². The molecule has 14 heavy (non-hydrogen) atoms. The third-order valence-corrected chi connectivity index (χ3v) is 2.02. The molecule has 0 saturated carbocycles. The summed E-state index contributed by atoms with van der Waals surface area (Å²) in [7, 11) is 1.80. The van der Waals surface area contributed by atoms with Gasteiger partial charge in [-0.2, -0.15) is 5.10 Å². The van der Waals surface area contributed by atoms with Gasteiger partial charge >= 0.3 is 0 Å². The summed E-state index contributed by atoms with van der Waals surface area (Å²) < 4.78 is 1.64. The zero-order valence-electron chi connectivity index (χ0n) is 8.53. The van der Waals surface area contributed by atoms with Gasteiger partial charge in [0.05, 0.1) is 11.9 Å². The molecule has 0 fully saturated rings. The summed E-state index contributed by atoms with van der Waals surface area (Å²) in [5.41, 5.74) is 6.09. The van der Waals surface area contributed by atoms with Crippen LogP contribution in [0, 0.1) is 5.92 Å². The SMILES string of the molecule is CC(CCN)C(=O)Nc1cnn(C)c1. The molecule has 1 atom stereocenters. The fraction of sp³-hybridized carbons (Fsp3) is 0.556. The average molecular weight is 196 g/mol. The lowest BCUT2D eigenvalue weighted by Gasteiger charge is -2.08. The molecule has 0 aliphatic carbocycles. The standard InChI is InChI=1S/C9H16N4O/c1-7(3-4-10)9(14)12-8-5-11-13(2)6-8/h5-7H,3-4,10H2,1-2H3,(H,12,14). The Kier molecular flexibility index (Phi) is 3.64. The normalized spacial score (nSPS) is 12.5. The molecule has 1 amide bonds. The van der Waals surface area contributed by atoms with Gasteiger partial charge in [-0.15, -0.1) is 0 Å². The number of rotatable bonds is 4. The van der Waals surface area contributed by atoms with Crippen molar-refractivity contribution >= 4 is 11.6 Å². The van der Waals surface area contributed by atoms with E-state index in [0.29, 0.717) is 13.0 Å². The fourth-order valence-electron chi connectivity index (χ4n) is 1.13. The largest absolute Gasteiger partial charge is 0.330 e. The van der Waals surface area contributed by atoms with Gasteiger partial charge in [0.15, 0.2) is 0 Å². The van der Waals surface area contributed by atoms with Crippen molar-refractivity contribution in [1.29, 1.82) is 0 Å². The minimum atomic E-state index is -0.0554. The number of carbonyl (C=O) groups excluding carboxylic acids is 1. The van der Waals surface area contributed by atoms with E-state index in [4.69, 9.17) is 5.73 Å². The average Bonchev–Trinajstić information content (AvgIpc) is 2.51. The maximum atomic E-state index is 11.5. The van der Waals surface area contributed by atoms with Crippen LogP contribution < -0.4 is 11.1 Å². The van der Waals surface area contributed by atoms with Crippen LogP contribution in [-0.2, 0) is 11.8 Å². The predicted octanol–water partition coefficient (Wildman–Crippen LogP) is 0.343. The highest BCUT2D eigenvalue weighted by Crippen LogP contribution is 2.08. The predicted molar refractivity (Wildman–Crippen MR) is 54.7 cm³/mol. The highest BCUT2D eigenvalue weighted by Gasteiger charge is 2.12. The second-order valence-electron chi connectivity index (χ2n) is 3.37. The van der Waals surface area contributed by atoms with E-state index in [0.717, 1.165) is 5.69 Å². The van der Waals surface area contributed by atoms with Gasteiger partial charge in [-0.3, -0.25) is 9.48 Å². The van der Waals surface area contributed by atoms with E-state index in [1.807, 2.05) is 6.92 Å². The first-order chi connectivity index (χ1) is 6.63. The highest BCUT2D eigenvalue weighted by atomic mass is 16.1. The molecule has 78 valence electrons. The molecule has 1 aromatic heterocycles. The lowest BCUT2D eigenvalue weighted by Crippen LogP contribution is -2.22. The van der Waals surface area contributed by atoms with Gasteiger partial charge in [0.2, 0.25) is 5.91 Å². The maximum Gasteiger partial charge on any atom is 0.227 e. The summed E-state index contributed by atoms with van der Waals surface area (Å²) in [5, 5.41) is 6.72. The van der Waals surface area contributed by atoms with Crippen LogP contribution in [0.1, 0.15) is 13.3 Å². The molecule has 0 aliphatic heterocycles. The van der Waals surface area contributed by atoms with Gasteiger partial charge in [-0.05, 0) is 13.0 Å². The third kappa shape index (κ3) is 2.85. The van der Waals surface area contributed by atoms with E-state index in [2.05, 4.69) is 10.4 Å². The summed E-state index contributed by atoms with van der Waals surface area (Å²) in [6.07, 6.45) is 4.08. The van der Waals surface area contributed by atoms with Crippen LogP contribution in [0.25, 0.3) is 0 Å². The van der Waals surface area contributed by atoms with Crippen LogP contribution in [0.5, 0.6) is 0 Å². The molecule has 1 aromatic rings. The van der Waals surface area contributed by atoms with Gasteiger partial charge < -0.3 is 11.1 Å². The topological polar surface area (TPSA) is 72.9 Å². The van der Waals surface area contributed by atoms with Crippen molar-refractivity contribution in [2.24, 2.45) is 18.7 Å². The molecule has 1 rings (SSSR count). The number of hydrogen-bond donors (Lipinski definition) is 2. The van der Waals surface area contributed by atoms with Gasteiger partial charge in [-0.25, -0.2) is 0 Å². The number of nitrogens with two attached hydrogens (primary N) is 1. The summed E-state index contributed by atoms with van der Waals surface area (Å²) in [4.78, 5) is 11.5. The second kappa shape index (κ2) is 4.76. The Hall–Kier alpha value is -1.36. The maximum absolute atomic E-state index is 11.5. The Morgan fingerprint density at radius 1 is 1.79 bits per heavy atom. The lowest BCUT2D eigenvalue weighted by atomic mass is 10.1. The quantitative estimate of drug-likeness (QED) is 0.729. The zero-order valence-corrected chi connectivity index (χ0v) is 8.53. The summed E-state index contributed by atoms with van der Waals surface area (Å²) in [5.74, 6) is -0.0661. The van der Waals surface area contributed by atoms with Crippen LogP contribution in [-0.4, -0.2) is 22.2 Å². The molecule has 1 unspecified atom stereocenters. The lowest BCUT2D eigenvalue weighted by molar-refractivity contribution is -0.119. The van der Waals surface area contributed by atoms with Crippen LogP contribution in [0.15, 0.2) is 12.4 Å². The van der Waals surface area contributed by atoms with Crippen molar-refractivity contribution in [3.8, 4) is 0 Å². The van der Waals surface area contributed by atoms with Crippen molar-refractivity contribution in [3.63, 3.8) is 0 Å². The number of nitrogens with zero attached hydrogens (tertiary/aromatic N) is 2. The first-order valence-corrected chi connectivity index (χ1v) is 4.63. The minimum absolute atomic E-state index is 0.0107. The number of amides is 1. The van der Waals surface area contributed by atoms with Crippen molar-refractivity contribution in [2.75, 3.05) is 11.9 Å². The number of carbonyl (C=O) groups is 1. The van der Waals surface area contributed by atoms with Crippen molar-refractivity contribution in [1.82, 2.24) is 9.78 Å². The van der Waals surface area contributed by atoms with Crippen LogP contribution in [0.2, 0.25) is 0 Å². The summed E-state index contributed by atoms with van der Waals surface area (Å²) >= 11 is 0. The zero-order chi connectivity index (χ0) is 10.6. The molecule has 0 bridgehead atoms. The summed E-state index contributed by atoms with van der Waals surface area (Å²) in [6.45, 7) is 2.39. The Balaban J connectivity index is 2.48. The molecule has 5 nitrogen and oxygen atoms in total. The van der Waals surface area contributed by atoms with Gasteiger partial charge in [0.25, 0.3) is 0 Å². The van der Waals surface area contributed by atoms with Crippen LogP contribution in [0.4, 0.5) is 5.69 Å². The Labute approximate surface area is 83.3 Å². The monoisotopic (exact) mass is 196 g/mol. The minimum Gasteiger partial charge on any atom is -0.330 e. The number of hydrogen-bond acceptors (Lipinski definition) is 3. The van der Waals surface area contributed by atoms with Crippen molar-refractivity contribution in [2.45, 2.75) is 13.3 Å². The van der Waals surface area contributed by atoms with E-state index in [-0.39, 0.29) is 11.8 Å². The molecule has 0 spiro atoms. The first kappa shape index (κ1) is 10.7. The molecule has 3 N–H and O–H groups in total. The fourth-order valence-corrected chi connectivity index (χ4v) is 1.13. The van der Waals surface area contributed by atoms with E-state index < -0.39 is 0 Å². The number of aromatic nitrogens is 2. The molecular formula is C9H16N4O. The van der Waals surface area contributed by atoms with Crippen LogP contribution >= 0.6 is 0 Å². The first-order valence-electron chi connectivity index (χ1n) is 4.63. The van der Waals surface area contributed by atoms with Crippen LogP contribution in [0.3, 0.4) is 0 Å². The number of aryl methyl sites for hydroxylation is 1. The van der Waals surface area contributed by atoms with E-state index in [1.165, 1.54) is 0 Å². The molecule has 5 heteroatoms. The second-order valence-corrected chi connectivity index (χ2v) is 3.37. The molecule has 0 aromatic carbocycles. The molecule has 0 aliphatic rings. The Bertz CT molecular complexity index is 308. The Morgan fingerprint density at radius 2 is 2.50 bits per heavy atom. The van der Waals surface area contributed by atoms with E-state index in [9.17, 15) is 4.79 Å². The number of nitrogens with one attached hydrogen (secondary N) is 1.